The number of carbonyl (C=O) groups is 1. The van der Waals surface area contributed by atoms with Gasteiger partial charge in [0.2, 0.25) is 0 Å². The summed E-state index contributed by atoms with van der Waals surface area (Å²) in [6.07, 6.45) is -0.796. The number of benzene rings is 1. The highest BCUT2D eigenvalue weighted by Gasteiger charge is 2.13. The van der Waals surface area contributed by atoms with Gasteiger partial charge in [-0.25, -0.2) is 4.39 Å². The molecule has 2 atom stereocenters. The molecule has 0 aliphatic heterocycles. The Hall–Kier alpha value is -1.13. The first-order valence-electron chi connectivity index (χ1n) is 5.32. The quantitative estimate of drug-likeness (QED) is 0.853. The maximum atomic E-state index is 13.0. The van der Waals surface area contributed by atoms with Crippen LogP contribution >= 0.6 is 11.6 Å². The lowest BCUT2D eigenvalue weighted by Crippen LogP contribution is -2.13. The molecule has 3 nitrogen and oxygen atoms in total. The molecule has 0 saturated carbocycles. The first-order valence-corrected chi connectivity index (χ1v) is 5.70. The summed E-state index contributed by atoms with van der Waals surface area (Å²) in [5.41, 5.74) is 6.97. The minimum absolute atomic E-state index is 0.0151. The van der Waals surface area contributed by atoms with Crippen LogP contribution in [0.5, 0.6) is 0 Å². The monoisotopic (exact) mass is 259 g/mol. The average Bonchev–Trinajstić information content (AvgIpc) is 2.25. The van der Waals surface area contributed by atoms with Crippen LogP contribution in [0.1, 0.15) is 43.1 Å². The van der Waals surface area contributed by atoms with Crippen molar-refractivity contribution in [3.63, 3.8) is 0 Å². The molecule has 3 N–H and O–H groups in total. The number of hydrogen-bond donors (Lipinski definition) is 2. The molecule has 0 aliphatic carbocycles. The number of hydrogen-bond acceptors (Lipinski definition) is 2. The molecule has 1 aromatic rings. The molecule has 5 heteroatoms. The van der Waals surface area contributed by atoms with E-state index in [9.17, 15) is 9.18 Å². The fourth-order valence-corrected chi connectivity index (χ4v) is 1.86. The van der Waals surface area contributed by atoms with Gasteiger partial charge in [0.05, 0.1) is 0 Å². The fraction of sp³-hybridized carbons (Fsp3) is 0.417. The summed E-state index contributed by atoms with van der Waals surface area (Å²) in [7, 11) is 0. The normalized spacial score (nSPS) is 14.4. The van der Waals surface area contributed by atoms with Gasteiger partial charge in [-0.1, -0.05) is 23.7 Å². The van der Waals surface area contributed by atoms with E-state index in [0.29, 0.717) is 22.6 Å². The molecule has 0 fully saturated rings. The number of rotatable bonds is 5. The number of carboxylic acid groups (broad SMARTS) is 1. The zero-order valence-corrected chi connectivity index (χ0v) is 10.2. The SMILES string of the molecule is CC(F)c1ccc(C(N)CCC(=O)O)c(Cl)c1. The minimum Gasteiger partial charge on any atom is -0.481 e. The third-order valence-electron chi connectivity index (χ3n) is 2.55. The fourth-order valence-electron chi connectivity index (χ4n) is 1.53. The number of carboxylic acids is 1. The largest absolute Gasteiger partial charge is 0.481 e. The van der Waals surface area contributed by atoms with Crippen molar-refractivity contribution in [1.82, 2.24) is 0 Å². The van der Waals surface area contributed by atoms with Crippen molar-refractivity contribution in [2.75, 3.05) is 0 Å². The van der Waals surface area contributed by atoms with Gasteiger partial charge in [-0.05, 0) is 30.5 Å². The van der Waals surface area contributed by atoms with Crippen LogP contribution in [0.3, 0.4) is 0 Å². The van der Waals surface area contributed by atoms with Gasteiger partial charge in [-0.3, -0.25) is 4.79 Å². The van der Waals surface area contributed by atoms with E-state index < -0.39 is 18.2 Å². The summed E-state index contributed by atoms with van der Waals surface area (Å²) in [4.78, 5) is 10.4. The molecule has 0 spiro atoms. The zero-order valence-electron chi connectivity index (χ0n) is 9.49. The first kappa shape index (κ1) is 13.9. The lowest BCUT2D eigenvalue weighted by atomic mass is 10.0. The second kappa shape index (κ2) is 5.98. The standard InChI is InChI=1S/C12H15ClFNO2/c1-7(14)8-2-3-9(10(13)6-8)11(15)4-5-12(16)17/h2-3,6-7,11H,4-5,15H2,1H3,(H,16,17). The van der Waals surface area contributed by atoms with Crippen molar-refractivity contribution in [1.29, 1.82) is 0 Å². The maximum absolute atomic E-state index is 13.0. The second-order valence-corrected chi connectivity index (χ2v) is 4.34. The van der Waals surface area contributed by atoms with Gasteiger partial charge in [0.25, 0.3) is 0 Å². The highest BCUT2D eigenvalue weighted by atomic mass is 35.5. The number of alkyl halides is 1. The van der Waals surface area contributed by atoms with Gasteiger partial charge in [-0.2, -0.15) is 0 Å². The van der Waals surface area contributed by atoms with Gasteiger partial charge in [0.1, 0.15) is 6.17 Å². The Kier molecular flexibility index (Phi) is 4.90. The van der Waals surface area contributed by atoms with E-state index in [-0.39, 0.29) is 6.42 Å². The van der Waals surface area contributed by atoms with Crippen LogP contribution in [0.4, 0.5) is 4.39 Å². The summed E-state index contributed by atoms with van der Waals surface area (Å²) in [6.45, 7) is 1.43. The molecule has 0 radical (unpaired) electrons. The predicted octanol–water partition coefficient (Wildman–Crippen LogP) is 3.24. The molecular weight excluding hydrogens is 245 g/mol. The van der Waals surface area contributed by atoms with Crippen LogP contribution in [0.15, 0.2) is 18.2 Å². The lowest BCUT2D eigenvalue weighted by molar-refractivity contribution is -0.137. The molecule has 0 saturated heterocycles. The molecule has 94 valence electrons. The van der Waals surface area contributed by atoms with E-state index in [1.54, 1.807) is 12.1 Å². The summed E-state index contributed by atoms with van der Waals surface area (Å²) in [5, 5.41) is 8.94. The van der Waals surface area contributed by atoms with Crippen LogP contribution in [0.2, 0.25) is 5.02 Å². The second-order valence-electron chi connectivity index (χ2n) is 3.94. The predicted molar refractivity (Wildman–Crippen MR) is 64.8 cm³/mol. The number of halogens is 2. The number of nitrogens with two attached hydrogens (primary N) is 1. The van der Waals surface area contributed by atoms with Crippen molar-refractivity contribution in [2.24, 2.45) is 5.73 Å². The van der Waals surface area contributed by atoms with Crippen molar-refractivity contribution in [3.8, 4) is 0 Å². The van der Waals surface area contributed by atoms with Crippen molar-refractivity contribution in [3.05, 3.63) is 34.3 Å². The smallest absolute Gasteiger partial charge is 0.303 e. The van der Waals surface area contributed by atoms with E-state index in [2.05, 4.69) is 0 Å². The Morgan fingerprint density at radius 3 is 2.71 bits per heavy atom. The molecule has 1 rings (SSSR count). The molecule has 2 unspecified atom stereocenters. The van der Waals surface area contributed by atoms with Gasteiger partial charge >= 0.3 is 5.97 Å². The molecular formula is C12H15ClFNO2. The van der Waals surface area contributed by atoms with Crippen LogP contribution in [0, 0.1) is 0 Å². The summed E-state index contributed by atoms with van der Waals surface area (Å²) >= 11 is 5.99. The Balaban J connectivity index is 2.80. The van der Waals surface area contributed by atoms with Crippen LogP contribution in [-0.2, 0) is 4.79 Å². The van der Waals surface area contributed by atoms with E-state index in [1.165, 1.54) is 13.0 Å². The van der Waals surface area contributed by atoms with E-state index in [4.69, 9.17) is 22.4 Å². The summed E-state index contributed by atoms with van der Waals surface area (Å²) < 4.78 is 13.0. The Bertz CT molecular complexity index is 409. The van der Waals surface area contributed by atoms with E-state index in [0.717, 1.165) is 0 Å². The van der Waals surface area contributed by atoms with E-state index in [1.807, 2.05) is 0 Å². The van der Waals surface area contributed by atoms with Gasteiger partial charge in [-0.15, -0.1) is 0 Å². The van der Waals surface area contributed by atoms with Gasteiger partial charge < -0.3 is 10.8 Å². The molecule has 0 amide bonds. The highest BCUT2D eigenvalue weighted by Crippen LogP contribution is 2.28. The van der Waals surface area contributed by atoms with Crippen molar-refractivity contribution in [2.45, 2.75) is 32.0 Å². The van der Waals surface area contributed by atoms with Crippen molar-refractivity contribution >= 4 is 17.6 Å². The third-order valence-corrected chi connectivity index (χ3v) is 2.88. The number of aliphatic carboxylic acids is 1. The Morgan fingerprint density at radius 1 is 1.59 bits per heavy atom. The molecule has 0 heterocycles. The molecule has 0 bridgehead atoms. The van der Waals surface area contributed by atoms with Crippen LogP contribution in [0.25, 0.3) is 0 Å². The molecule has 1 aromatic carbocycles. The minimum atomic E-state index is -1.09. The summed E-state index contributed by atoms with van der Waals surface area (Å²) in [5.74, 6) is -0.898. The average molecular weight is 260 g/mol. The molecule has 0 aliphatic rings. The van der Waals surface area contributed by atoms with Crippen molar-refractivity contribution < 1.29 is 14.3 Å². The Morgan fingerprint density at radius 2 is 2.24 bits per heavy atom. The maximum Gasteiger partial charge on any atom is 0.303 e. The van der Waals surface area contributed by atoms with Gasteiger partial charge in [0, 0.05) is 17.5 Å². The Labute approximate surface area is 104 Å². The molecule has 17 heavy (non-hydrogen) atoms. The molecule has 0 aromatic heterocycles. The summed E-state index contributed by atoms with van der Waals surface area (Å²) in [6, 6.07) is 4.36. The third kappa shape index (κ3) is 3.98. The zero-order chi connectivity index (χ0) is 13.0. The van der Waals surface area contributed by atoms with Crippen LogP contribution < -0.4 is 5.73 Å². The van der Waals surface area contributed by atoms with Gasteiger partial charge in [0.15, 0.2) is 0 Å². The van der Waals surface area contributed by atoms with Crippen LogP contribution in [-0.4, -0.2) is 11.1 Å². The first-order chi connectivity index (χ1) is 7.91. The van der Waals surface area contributed by atoms with E-state index >= 15 is 0 Å². The highest BCUT2D eigenvalue weighted by molar-refractivity contribution is 6.31. The lowest BCUT2D eigenvalue weighted by Gasteiger charge is -2.14. The topological polar surface area (TPSA) is 63.3 Å².